The van der Waals surface area contributed by atoms with Gasteiger partial charge in [0.05, 0.1) is 23.4 Å². The van der Waals surface area contributed by atoms with Crippen LogP contribution in [-0.4, -0.2) is 29.4 Å². The van der Waals surface area contributed by atoms with Crippen LogP contribution in [-0.2, 0) is 0 Å². The second-order valence-corrected chi connectivity index (χ2v) is 8.69. The molecule has 1 heterocycles. The summed E-state index contributed by atoms with van der Waals surface area (Å²) in [6, 6.07) is 17.5. The fraction of sp³-hybridized carbons (Fsp3) is 0.346. The molecule has 1 aromatic heterocycles. The Morgan fingerprint density at radius 1 is 1.30 bits per heavy atom. The second kappa shape index (κ2) is 9.78. The average molecular weight is 443 g/mol. The first-order chi connectivity index (χ1) is 16.0. The summed E-state index contributed by atoms with van der Waals surface area (Å²) >= 11 is 0. The Morgan fingerprint density at radius 2 is 2.06 bits per heavy atom. The normalized spacial score (nSPS) is 14.2. The molecule has 0 saturated heterocycles. The van der Waals surface area contributed by atoms with Crippen molar-refractivity contribution in [2.24, 2.45) is 10.7 Å². The van der Waals surface area contributed by atoms with Crippen molar-refractivity contribution in [1.82, 2.24) is 4.57 Å². The lowest BCUT2D eigenvalue weighted by molar-refractivity contribution is 0.321. The van der Waals surface area contributed by atoms with Gasteiger partial charge in [0.15, 0.2) is 0 Å². The Labute approximate surface area is 194 Å². The van der Waals surface area contributed by atoms with E-state index < -0.39 is 0 Å². The highest BCUT2D eigenvalue weighted by atomic mass is 16.5. The number of fused-ring (bicyclic) bond motifs is 1. The molecule has 0 radical (unpaired) electrons. The van der Waals surface area contributed by atoms with E-state index in [0.717, 1.165) is 52.8 Å². The number of hydrogen-bond donors (Lipinski definition) is 3. The van der Waals surface area contributed by atoms with Gasteiger partial charge in [-0.25, -0.2) is 4.99 Å². The maximum absolute atomic E-state index is 10.1. The quantitative estimate of drug-likeness (QED) is 0.302. The van der Waals surface area contributed by atoms with E-state index in [0.29, 0.717) is 36.5 Å². The predicted molar refractivity (Wildman–Crippen MR) is 134 cm³/mol. The van der Waals surface area contributed by atoms with Crippen molar-refractivity contribution in [2.75, 3.05) is 11.9 Å². The van der Waals surface area contributed by atoms with Crippen LogP contribution < -0.4 is 15.8 Å². The summed E-state index contributed by atoms with van der Waals surface area (Å²) in [5.41, 5.74) is 10.6. The smallest absolute Gasteiger partial charge is 0.121 e. The van der Waals surface area contributed by atoms with Gasteiger partial charge in [-0.3, -0.25) is 5.41 Å². The summed E-state index contributed by atoms with van der Waals surface area (Å²) in [4.78, 5) is 3.75. The Kier molecular flexibility index (Phi) is 6.64. The molecule has 3 aromatic rings. The molecule has 0 atom stereocenters. The topological polar surface area (TPSA) is 112 Å². The van der Waals surface area contributed by atoms with Crippen molar-refractivity contribution in [3.8, 4) is 23.1 Å². The van der Waals surface area contributed by atoms with E-state index in [1.54, 1.807) is 0 Å². The van der Waals surface area contributed by atoms with Gasteiger partial charge in [0.25, 0.3) is 0 Å². The van der Waals surface area contributed by atoms with Crippen LogP contribution in [0.25, 0.3) is 22.2 Å². The maximum atomic E-state index is 10.1. The number of nitrogens with one attached hydrogen (secondary N) is 2. The molecule has 2 aromatic carbocycles. The molecule has 1 saturated carbocycles. The molecule has 1 aliphatic carbocycles. The van der Waals surface area contributed by atoms with Crippen molar-refractivity contribution < 1.29 is 4.74 Å². The van der Waals surface area contributed by atoms with E-state index in [-0.39, 0.29) is 0 Å². The van der Waals surface area contributed by atoms with Gasteiger partial charge in [0, 0.05) is 35.6 Å². The van der Waals surface area contributed by atoms with E-state index in [1.807, 2.05) is 18.2 Å². The molecule has 0 unspecified atom stereocenters. The Morgan fingerprint density at radius 3 is 2.67 bits per heavy atom. The number of nitriles is 1. The minimum Gasteiger partial charge on any atom is -0.493 e. The van der Waals surface area contributed by atoms with Gasteiger partial charge in [-0.05, 0) is 62.9 Å². The first-order valence-electron chi connectivity index (χ1n) is 11.4. The van der Waals surface area contributed by atoms with E-state index in [1.165, 1.54) is 6.42 Å². The molecule has 4 rings (SSSR count). The SMILES string of the molecule is CC(C)Nc1ccc(-c2c(C#N)c3ccc(OCCC(N)=NC=N)cc3n2C2CCC2)cc1. The number of benzene rings is 2. The highest BCUT2D eigenvalue weighted by molar-refractivity contribution is 5.95. The predicted octanol–water partition coefficient (Wildman–Crippen LogP) is 5.46. The number of aliphatic imine (C=N–C) groups is 1. The lowest BCUT2D eigenvalue weighted by Gasteiger charge is -2.30. The van der Waals surface area contributed by atoms with Crippen molar-refractivity contribution in [3.05, 3.63) is 48.0 Å². The van der Waals surface area contributed by atoms with Crippen LogP contribution in [0.1, 0.15) is 51.1 Å². The zero-order chi connectivity index (χ0) is 23.4. The third-order valence-corrected chi connectivity index (χ3v) is 6.00. The third kappa shape index (κ3) is 4.70. The first-order valence-corrected chi connectivity index (χ1v) is 11.4. The van der Waals surface area contributed by atoms with Gasteiger partial charge >= 0.3 is 0 Å². The minimum atomic E-state index is 0.358. The summed E-state index contributed by atoms with van der Waals surface area (Å²) in [5, 5.41) is 21.5. The summed E-state index contributed by atoms with van der Waals surface area (Å²) in [5.74, 6) is 1.10. The molecule has 7 nitrogen and oxygen atoms in total. The van der Waals surface area contributed by atoms with Crippen LogP contribution in [0.4, 0.5) is 5.69 Å². The van der Waals surface area contributed by atoms with Crippen LogP contribution in [0.5, 0.6) is 5.75 Å². The monoisotopic (exact) mass is 442 g/mol. The molecule has 4 N–H and O–H groups in total. The molecular formula is C26H30N6O. The zero-order valence-corrected chi connectivity index (χ0v) is 19.1. The number of aromatic nitrogens is 1. The van der Waals surface area contributed by atoms with Gasteiger partial charge in [0.2, 0.25) is 0 Å². The molecule has 170 valence electrons. The number of nitrogens with zero attached hydrogens (tertiary/aromatic N) is 3. The molecular weight excluding hydrogens is 412 g/mol. The highest BCUT2D eigenvalue weighted by Crippen LogP contribution is 2.43. The van der Waals surface area contributed by atoms with E-state index in [9.17, 15) is 5.26 Å². The van der Waals surface area contributed by atoms with E-state index >= 15 is 0 Å². The summed E-state index contributed by atoms with van der Waals surface area (Å²) in [6.45, 7) is 4.61. The highest BCUT2D eigenvalue weighted by Gasteiger charge is 2.28. The van der Waals surface area contributed by atoms with Crippen LogP contribution >= 0.6 is 0 Å². The number of nitrogens with two attached hydrogens (primary N) is 1. The van der Waals surface area contributed by atoms with Crippen LogP contribution in [0.3, 0.4) is 0 Å². The molecule has 0 aliphatic heterocycles. The van der Waals surface area contributed by atoms with Crippen molar-refractivity contribution in [3.63, 3.8) is 0 Å². The number of amidine groups is 1. The number of ether oxygens (including phenoxy) is 1. The van der Waals surface area contributed by atoms with E-state index in [2.05, 4.69) is 59.1 Å². The van der Waals surface area contributed by atoms with Gasteiger partial charge < -0.3 is 20.4 Å². The molecule has 7 heteroatoms. The third-order valence-electron chi connectivity index (χ3n) is 6.00. The Bertz CT molecular complexity index is 1210. The fourth-order valence-corrected chi connectivity index (χ4v) is 4.28. The number of hydrogen-bond acceptors (Lipinski definition) is 4. The average Bonchev–Trinajstić information content (AvgIpc) is 3.06. The Hall–Kier alpha value is -3.79. The van der Waals surface area contributed by atoms with Gasteiger partial charge in [-0.1, -0.05) is 12.1 Å². The maximum Gasteiger partial charge on any atom is 0.121 e. The zero-order valence-electron chi connectivity index (χ0n) is 19.1. The summed E-state index contributed by atoms with van der Waals surface area (Å²) in [6.07, 6.45) is 4.79. The number of rotatable bonds is 9. The second-order valence-electron chi connectivity index (χ2n) is 8.69. The fourth-order valence-electron chi connectivity index (χ4n) is 4.28. The minimum absolute atomic E-state index is 0.358. The van der Waals surface area contributed by atoms with Gasteiger partial charge in [-0.15, -0.1) is 0 Å². The number of anilines is 1. The lowest BCUT2D eigenvalue weighted by Crippen LogP contribution is -2.18. The first kappa shape index (κ1) is 22.4. The molecule has 1 fully saturated rings. The molecule has 1 aliphatic rings. The largest absolute Gasteiger partial charge is 0.493 e. The molecule has 33 heavy (non-hydrogen) atoms. The molecule has 0 bridgehead atoms. The lowest BCUT2D eigenvalue weighted by atomic mass is 9.92. The Balaban J connectivity index is 1.74. The van der Waals surface area contributed by atoms with Crippen molar-refractivity contribution >= 4 is 28.8 Å². The summed E-state index contributed by atoms with van der Waals surface area (Å²) < 4.78 is 8.25. The van der Waals surface area contributed by atoms with E-state index in [4.69, 9.17) is 15.9 Å². The van der Waals surface area contributed by atoms with Crippen molar-refractivity contribution in [1.29, 1.82) is 10.7 Å². The van der Waals surface area contributed by atoms with Crippen molar-refractivity contribution in [2.45, 2.75) is 51.6 Å². The molecule has 0 amide bonds. The van der Waals surface area contributed by atoms with Gasteiger partial charge in [-0.2, -0.15) is 5.26 Å². The molecule has 0 spiro atoms. The van der Waals surface area contributed by atoms with Crippen LogP contribution in [0, 0.1) is 16.7 Å². The van der Waals surface area contributed by atoms with Gasteiger partial charge in [0.1, 0.15) is 24.0 Å². The van der Waals surface area contributed by atoms with Crippen LogP contribution in [0.15, 0.2) is 47.5 Å². The van der Waals surface area contributed by atoms with Crippen LogP contribution in [0.2, 0.25) is 0 Å². The summed E-state index contributed by atoms with van der Waals surface area (Å²) in [7, 11) is 0. The standard InChI is InChI=1S/C26H30N6O/c1-17(2)31-19-8-6-18(7-9-19)26-23(15-27)22-11-10-21(33-13-12-25(29)30-16-28)14-24(22)32(26)20-4-3-5-20/h6-11,14,16-17,20,31H,3-5,12-13H2,1-2H3,(H3,28,29,30).